The molecule has 0 spiro atoms. The van der Waals surface area contributed by atoms with E-state index in [2.05, 4.69) is 20.6 Å². The van der Waals surface area contributed by atoms with Crippen LogP contribution < -0.4 is 20.1 Å². The molecule has 0 unspecified atom stereocenters. The van der Waals surface area contributed by atoms with Gasteiger partial charge in [0.2, 0.25) is 12.7 Å². The zero-order valence-electron chi connectivity index (χ0n) is 11.5. The van der Waals surface area contributed by atoms with E-state index in [1.807, 2.05) is 25.1 Å². The van der Waals surface area contributed by atoms with Crippen molar-refractivity contribution in [3.8, 4) is 11.5 Å². The van der Waals surface area contributed by atoms with E-state index in [9.17, 15) is 4.39 Å². The number of fused-ring (bicyclic) bond motifs is 1. The van der Waals surface area contributed by atoms with Crippen LogP contribution >= 0.6 is 0 Å². The molecular formula is C14H15FN4O2. The van der Waals surface area contributed by atoms with Gasteiger partial charge in [0.25, 0.3) is 0 Å². The number of nitrogens with zero attached hydrogens (tertiary/aromatic N) is 2. The predicted molar refractivity (Wildman–Crippen MR) is 76.0 cm³/mol. The van der Waals surface area contributed by atoms with Crippen LogP contribution in [0, 0.1) is 5.82 Å². The number of hydrogen-bond acceptors (Lipinski definition) is 6. The van der Waals surface area contributed by atoms with Crippen LogP contribution in [0.3, 0.4) is 0 Å². The summed E-state index contributed by atoms with van der Waals surface area (Å²) in [6.07, 6.45) is 1.15. The minimum absolute atomic E-state index is 0.165. The lowest BCUT2D eigenvalue weighted by atomic mass is 10.2. The van der Waals surface area contributed by atoms with Crippen molar-refractivity contribution in [1.82, 2.24) is 9.97 Å². The molecule has 0 atom stereocenters. The fourth-order valence-electron chi connectivity index (χ4n) is 1.97. The van der Waals surface area contributed by atoms with Crippen LogP contribution in [0.15, 0.2) is 24.4 Å². The highest BCUT2D eigenvalue weighted by molar-refractivity contribution is 5.46. The Balaban J connectivity index is 1.71. The second-order valence-electron chi connectivity index (χ2n) is 4.46. The molecular weight excluding hydrogens is 275 g/mol. The van der Waals surface area contributed by atoms with Crippen molar-refractivity contribution < 1.29 is 13.9 Å². The van der Waals surface area contributed by atoms with Gasteiger partial charge in [-0.25, -0.2) is 9.37 Å². The average Bonchev–Trinajstić information content (AvgIpc) is 2.95. The maximum Gasteiger partial charge on any atom is 0.231 e. The van der Waals surface area contributed by atoms with Crippen molar-refractivity contribution in [3.63, 3.8) is 0 Å². The Morgan fingerprint density at radius 1 is 1.24 bits per heavy atom. The minimum Gasteiger partial charge on any atom is -0.454 e. The molecule has 2 aromatic rings. The molecule has 0 saturated heterocycles. The van der Waals surface area contributed by atoms with Gasteiger partial charge in [0.15, 0.2) is 23.1 Å². The van der Waals surface area contributed by atoms with E-state index in [-0.39, 0.29) is 12.6 Å². The lowest BCUT2D eigenvalue weighted by Gasteiger charge is -2.09. The Labute approximate surface area is 121 Å². The molecule has 6 nitrogen and oxygen atoms in total. The van der Waals surface area contributed by atoms with Crippen molar-refractivity contribution >= 4 is 11.8 Å². The van der Waals surface area contributed by atoms with Gasteiger partial charge in [-0.2, -0.15) is 4.98 Å². The first-order chi connectivity index (χ1) is 10.3. The van der Waals surface area contributed by atoms with Crippen molar-refractivity contribution in [2.75, 3.05) is 24.0 Å². The summed E-state index contributed by atoms with van der Waals surface area (Å²) >= 11 is 0. The fourth-order valence-corrected chi connectivity index (χ4v) is 1.97. The zero-order valence-corrected chi connectivity index (χ0v) is 11.5. The van der Waals surface area contributed by atoms with Gasteiger partial charge >= 0.3 is 0 Å². The molecule has 3 rings (SSSR count). The third kappa shape index (κ3) is 2.96. The highest BCUT2D eigenvalue weighted by Gasteiger charge is 2.13. The molecule has 0 radical (unpaired) electrons. The summed E-state index contributed by atoms with van der Waals surface area (Å²) in [5.74, 6) is 1.50. The number of aromatic nitrogens is 2. The first-order valence-electron chi connectivity index (χ1n) is 6.65. The molecule has 2 N–H and O–H groups in total. The molecule has 0 bridgehead atoms. The summed E-state index contributed by atoms with van der Waals surface area (Å²) in [6, 6.07) is 5.59. The summed E-state index contributed by atoms with van der Waals surface area (Å²) in [5.41, 5.74) is 0.947. The van der Waals surface area contributed by atoms with E-state index >= 15 is 0 Å². The fraction of sp³-hybridized carbons (Fsp3) is 0.286. The van der Waals surface area contributed by atoms with Crippen molar-refractivity contribution in [1.29, 1.82) is 0 Å². The molecule has 0 saturated carbocycles. The van der Waals surface area contributed by atoms with Crippen LogP contribution in [0.1, 0.15) is 12.5 Å². The maximum absolute atomic E-state index is 13.7. The van der Waals surface area contributed by atoms with Gasteiger partial charge in [0.1, 0.15) is 0 Å². The lowest BCUT2D eigenvalue weighted by molar-refractivity contribution is 0.174. The number of hydrogen-bond donors (Lipinski definition) is 2. The standard InChI is InChI=1S/C14H15FN4O2/c1-2-16-14-18-7-10(15)13(19-14)17-6-9-3-4-11-12(5-9)21-8-20-11/h3-5,7H,2,6,8H2,1H3,(H2,16,17,18,19). The molecule has 1 aromatic carbocycles. The van der Waals surface area contributed by atoms with Crippen molar-refractivity contribution in [3.05, 3.63) is 35.8 Å². The largest absolute Gasteiger partial charge is 0.454 e. The summed E-state index contributed by atoms with van der Waals surface area (Å²) in [7, 11) is 0. The molecule has 0 aliphatic carbocycles. The Bertz CT molecular complexity index is 651. The Kier molecular flexibility index (Phi) is 3.72. The van der Waals surface area contributed by atoms with E-state index in [4.69, 9.17) is 9.47 Å². The van der Waals surface area contributed by atoms with Gasteiger partial charge in [-0.1, -0.05) is 6.07 Å². The van der Waals surface area contributed by atoms with Crippen LogP contribution in [0.5, 0.6) is 11.5 Å². The molecule has 110 valence electrons. The molecule has 1 aliphatic heterocycles. The number of benzene rings is 1. The van der Waals surface area contributed by atoms with Gasteiger partial charge in [-0.3, -0.25) is 0 Å². The SMILES string of the molecule is CCNc1ncc(F)c(NCc2ccc3c(c2)OCO3)n1. The Morgan fingerprint density at radius 2 is 2.10 bits per heavy atom. The zero-order chi connectivity index (χ0) is 14.7. The molecule has 0 fully saturated rings. The molecule has 1 aliphatic rings. The smallest absolute Gasteiger partial charge is 0.231 e. The molecule has 0 amide bonds. The third-order valence-electron chi connectivity index (χ3n) is 2.98. The van der Waals surface area contributed by atoms with Gasteiger partial charge in [0, 0.05) is 13.1 Å². The summed E-state index contributed by atoms with van der Waals surface area (Å²) in [5, 5.41) is 5.90. The van der Waals surface area contributed by atoms with Gasteiger partial charge in [-0.15, -0.1) is 0 Å². The van der Waals surface area contributed by atoms with Crippen molar-refractivity contribution in [2.45, 2.75) is 13.5 Å². The Hall–Kier alpha value is -2.57. The minimum atomic E-state index is -0.489. The van der Waals surface area contributed by atoms with Crippen LogP contribution in [-0.4, -0.2) is 23.3 Å². The second-order valence-corrected chi connectivity index (χ2v) is 4.46. The van der Waals surface area contributed by atoms with E-state index in [1.165, 1.54) is 0 Å². The summed E-state index contributed by atoms with van der Waals surface area (Å²) < 4.78 is 24.2. The topological polar surface area (TPSA) is 68.3 Å². The van der Waals surface area contributed by atoms with E-state index < -0.39 is 5.82 Å². The van der Waals surface area contributed by atoms with Gasteiger partial charge < -0.3 is 20.1 Å². The lowest BCUT2D eigenvalue weighted by Crippen LogP contribution is -2.08. The van der Waals surface area contributed by atoms with Crippen LogP contribution in [0.25, 0.3) is 0 Å². The summed E-state index contributed by atoms with van der Waals surface area (Å²) in [4.78, 5) is 7.94. The normalized spacial score (nSPS) is 12.3. The first kappa shape index (κ1) is 13.4. The predicted octanol–water partition coefficient (Wildman–Crippen LogP) is 2.39. The highest BCUT2D eigenvalue weighted by Crippen LogP contribution is 2.32. The van der Waals surface area contributed by atoms with E-state index in [0.717, 1.165) is 17.5 Å². The van der Waals surface area contributed by atoms with Crippen LogP contribution in [0.4, 0.5) is 16.2 Å². The van der Waals surface area contributed by atoms with Gasteiger partial charge in [-0.05, 0) is 24.6 Å². The van der Waals surface area contributed by atoms with Crippen LogP contribution in [0.2, 0.25) is 0 Å². The molecule has 21 heavy (non-hydrogen) atoms. The second kappa shape index (κ2) is 5.82. The third-order valence-corrected chi connectivity index (χ3v) is 2.98. The monoisotopic (exact) mass is 290 g/mol. The first-order valence-corrected chi connectivity index (χ1v) is 6.65. The molecule has 1 aromatic heterocycles. The number of nitrogens with one attached hydrogen (secondary N) is 2. The number of anilines is 2. The molecule has 7 heteroatoms. The number of rotatable bonds is 5. The highest BCUT2D eigenvalue weighted by atomic mass is 19.1. The maximum atomic E-state index is 13.7. The quantitative estimate of drug-likeness (QED) is 0.881. The molecule has 2 heterocycles. The van der Waals surface area contributed by atoms with E-state index in [1.54, 1.807) is 0 Å². The van der Waals surface area contributed by atoms with E-state index in [0.29, 0.717) is 24.8 Å². The van der Waals surface area contributed by atoms with Gasteiger partial charge in [0.05, 0.1) is 6.20 Å². The Morgan fingerprint density at radius 3 is 2.95 bits per heavy atom. The number of halogens is 1. The van der Waals surface area contributed by atoms with Crippen molar-refractivity contribution in [2.24, 2.45) is 0 Å². The summed E-state index contributed by atoms with van der Waals surface area (Å²) in [6.45, 7) is 3.26. The number of ether oxygens (including phenoxy) is 2. The average molecular weight is 290 g/mol. The van der Waals surface area contributed by atoms with Crippen LogP contribution in [-0.2, 0) is 6.54 Å².